The van der Waals surface area contributed by atoms with E-state index in [0.717, 1.165) is 18.9 Å². The van der Waals surface area contributed by atoms with Crippen LogP contribution < -0.4 is 10.6 Å². The fourth-order valence-electron chi connectivity index (χ4n) is 2.33. The molecule has 8 heteroatoms. The van der Waals surface area contributed by atoms with E-state index in [1.54, 1.807) is 0 Å². The molecule has 0 radical (unpaired) electrons. The number of hydrogen-bond acceptors (Lipinski definition) is 4. The van der Waals surface area contributed by atoms with Gasteiger partial charge in [-0.05, 0) is 44.7 Å². The third-order valence-electron chi connectivity index (χ3n) is 3.85. The number of rotatable bonds is 9. The molecule has 2 N–H and O–H groups in total. The molecule has 0 aliphatic carbocycles. The van der Waals surface area contributed by atoms with E-state index in [0.29, 0.717) is 13.0 Å². The van der Waals surface area contributed by atoms with E-state index in [9.17, 15) is 8.42 Å². The molecule has 1 rings (SSSR count). The van der Waals surface area contributed by atoms with Gasteiger partial charge in [-0.2, -0.15) is 0 Å². The van der Waals surface area contributed by atoms with Gasteiger partial charge in [-0.15, -0.1) is 35.3 Å². The standard InChI is InChI=1S/C18H33N3O2S2.HI/c1-7-19-17(20-13-18(4,5)10-11-25(6,22)23)21-14(2)12-16-9-8-15(3)24-16;/h8-9,14H,7,10-13H2,1-6H3,(H2,19,20,21);1H. The van der Waals surface area contributed by atoms with Crippen molar-refractivity contribution >= 4 is 51.1 Å². The molecule has 1 aromatic heterocycles. The molecule has 0 bridgehead atoms. The number of aliphatic imine (C=N–C) groups is 1. The van der Waals surface area contributed by atoms with Gasteiger partial charge in [-0.3, -0.25) is 4.99 Å². The zero-order chi connectivity index (χ0) is 19.1. The summed E-state index contributed by atoms with van der Waals surface area (Å²) in [6.45, 7) is 11.8. The second-order valence-corrected chi connectivity index (χ2v) is 11.1. The minimum absolute atomic E-state index is 0. The predicted octanol–water partition coefficient (Wildman–Crippen LogP) is 3.62. The predicted molar refractivity (Wildman–Crippen MR) is 125 cm³/mol. The summed E-state index contributed by atoms with van der Waals surface area (Å²) in [4.78, 5) is 7.37. The van der Waals surface area contributed by atoms with Crippen molar-refractivity contribution in [2.45, 2.75) is 53.5 Å². The van der Waals surface area contributed by atoms with Gasteiger partial charge in [-0.25, -0.2) is 8.42 Å². The lowest BCUT2D eigenvalue weighted by Gasteiger charge is -2.23. The van der Waals surface area contributed by atoms with E-state index in [2.05, 4.69) is 55.5 Å². The summed E-state index contributed by atoms with van der Waals surface area (Å²) in [5.74, 6) is 0.990. The maximum atomic E-state index is 11.4. The van der Waals surface area contributed by atoms with Crippen LogP contribution in [-0.2, 0) is 16.3 Å². The minimum Gasteiger partial charge on any atom is -0.357 e. The quantitative estimate of drug-likeness (QED) is 0.300. The number of guanidine groups is 1. The molecule has 5 nitrogen and oxygen atoms in total. The summed E-state index contributed by atoms with van der Waals surface area (Å²) in [6.07, 6.45) is 2.85. The smallest absolute Gasteiger partial charge is 0.191 e. The Morgan fingerprint density at radius 3 is 2.50 bits per heavy atom. The van der Waals surface area contributed by atoms with Crippen LogP contribution in [-0.4, -0.2) is 45.5 Å². The first-order valence-electron chi connectivity index (χ1n) is 8.78. The molecule has 0 amide bonds. The Labute approximate surface area is 180 Å². The van der Waals surface area contributed by atoms with Crippen LogP contribution in [0.5, 0.6) is 0 Å². The van der Waals surface area contributed by atoms with Gasteiger partial charge in [0.05, 0.1) is 5.75 Å². The van der Waals surface area contributed by atoms with Crippen LogP contribution >= 0.6 is 35.3 Å². The number of sulfone groups is 1. The lowest BCUT2D eigenvalue weighted by Crippen LogP contribution is -2.43. The summed E-state index contributed by atoms with van der Waals surface area (Å²) < 4.78 is 22.8. The molecule has 1 atom stereocenters. The van der Waals surface area contributed by atoms with Gasteiger partial charge >= 0.3 is 0 Å². The van der Waals surface area contributed by atoms with Gasteiger partial charge in [-0.1, -0.05) is 13.8 Å². The Hall–Kier alpha value is -0.350. The maximum absolute atomic E-state index is 11.4. The van der Waals surface area contributed by atoms with Crippen molar-refractivity contribution in [1.29, 1.82) is 0 Å². The molecular weight excluding hydrogens is 481 g/mol. The average molecular weight is 516 g/mol. The summed E-state index contributed by atoms with van der Waals surface area (Å²) in [7, 11) is -2.94. The Morgan fingerprint density at radius 2 is 2.00 bits per heavy atom. The van der Waals surface area contributed by atoms with Crippen molar-refractivity contribution in [3.8, 4) is 0 Å². The highest BCUT2D eigenvalue weighted by molar-refractivity contribution is 14.0. The van der Waals surface area contributed by atoms with Crippen LogP contribution in [0.2, 0.25) is 0 Å². The van der Waals surface area contributed by atoms with Crippen molar-refractivity contribution < 1.29 is 8.42 Å². The van der Waals surface area contributed by atoms with E-state index in [4.69, 9.17) is 0 Å². The van der Waals surface area contributed by atoms with Crippen LogP contribution in [0.1, 0.15) is 43.9 Å². The molecule has 1 heterocycles. The molecule has 1 aromatic rings. The highest BCUT2D eigenvalue weighted by Crippen LogP contribution is 2.21. The van der Waals surface area contributed by atoms with E-state index < -0.39 is 9.84 Å². The Balaban J connectivity index is 0.00000625. The number of nitrogens with zero attached hydrogens (tertiary/aromatic N) is 1. The van der Waals surface area contributed by atoms with E-state index in [-0.39, 0.29) is 41.2 Å². The van der Waals surface area contributed by atoms with Crippen molar-refractivity contribution in [3.05, 3.63) is 21.9 Å². The molecule has 1 unspecified atom stereocenters. The van der Waals surface area contributed by atoms with E-state index in [1.165, 1.54) is 16.0 Å². The van der Waals surface area contributed by atoms with E-state index >= 15 is 0 Å². The van der Waals surface area contributed by atoms with E-state index in [1.807, 2.05) is 18.3 Å². The second-order valence-electron chi connectivity index (χ2n) is 7.50. The first kappa shape index (κ1) is 25.6. The zero-order valence-electron chi connectivity index (χ0n) is 16.8. The fourth-order valence-corrected chi connectivity index (χ4v) is 4.28. The third-order valence-corrected chi connectivity index (χ3v) is 5.81. The van der Waals surface area contributed by atoms with Crippen molar-refractivity contribution in [3.63, 3.8) is 0 Å². The largest absolute Gasteiger partial charge is 0.357 e. The topological polar surface area (TPSA) is 70.6 Å². The molecular formula is C18H34IN3O2S2. The molecule has 0 spiro atoms. The maximum Gasteiger partial charge on any atom is 0.191 e. The lowest BCUT2D eigenvalue weighted by atomic mass is 9.90. The second kappa shape index (κ2) is 11.5. The highest BCUT2D eigenvalue weighted by Gasteiger charge is 2.20. The summed E-state index contributed by atoms with van der Waals surface area (Å²) >= 11 is 1.83. The summed E-state index contributed by atoms with van der Waals surface area (Å²) in [6, 6.07) is 4.60. The van der Waals surface area contributed by atoms with Gasteiger partial charge in [0.25, 0.3) is 0 Å². The van der Waals surface area contributed by atoms with Crippen molar-refractivity contribution in [2.24, 2.45) is 10.4 Å². The summed E-state index contributed by atoms with van der Waals surface area (Å²) in [5, 5.41) is 6.72. The normalized spacial score (nSPS) is 13.8. The van der Waals surface area contributed by atoms with Crippen molar-refractivity contribution in [1.82, 2.24) is 10.6 Å². The number of nitrogens with one attached hydrogen (secondary N) is 2. The van der Waals surface area contributed by atoms with Crippen LogP contribution in [0.15, 0.2) is 17.1 Å². The van der Waals surface area contributed by atoms with Gasteiger partial charge < -0.3 is 10.6 Å². The first-order valence-corrected chi connectivity index (χ1v) is 11.7. The average Bonchev–Trinajstić information content (AvgIpc) is 2.87. The van der Waals surface area contributed by atoms with Gasteiger partial charge in [0, 0.05) is 41.6 Å². The number of halogens is 1. The molecule has 0 fully saturated rings. The number of aryl methyl sites for hydroxylation is 1. The lowest BCUT2D eigenvalue weighted by molar-refractivity contribution is 0.365. The molecule has 0 aliphatic heterocycles. The molecule has 26 heavy (non-hydrogen) atoms. The SMILES string of the molecule is CCNC(=NCC(C)(C)CCS(C)(=O)=O)NC(C)Cc1ccc(C)s1.I. The van der Waals surface area contributed by atoms with Crippen LogP contribution in [0, 0.1) is 12.3 Å². The summed E-state index contributed by atoms with van der Waals surface area (Å²) in [5.41, 5.74) is -0.153. The fraction of sp³-hybridized carbons (Fsp3) is 0.722. The number of thiophene rings is 1. The third kappa shape index (κ3) is 11.4. The molecule has 0 saturated carbocycles. The Bertz CT molecular complexity index is 670. The number of hydrogen-bond donors (Lipinski definition) is 2. The van der Waals surface area contributed by atoms with Crippen LogP contribution in [0.4, 0.5) is 0 Å². The van der Waals surface area contributed by atoms with Gasteiger partial charge in [0.15, 0.2) is 5.96 Å². The Morgan fingerprint density at radius 1 is 1.35 bits per heavy atom. The van der Waals surface area contributed by atoms with Crippen LogP contribution in [0.3, 0.4) is 0 Å². The Kier molecular flexibility index (Phi) is 11.3. The van der Waals surface area contributed by atoms with Gasteiger partial charge in [0.2, 0.25) is 0 Å². The van der Waals surface area contributed by atoms with Crippen LogP contribution in [0.25, 0.3) is 0 Å². The molecule has 0 aliphatic rings. The highest BCUT2D eigenvalue weighted by atomic mass is 127. The first-order chi connectivity index (χ1) is 11.5. The monoisotopic (exact) mass is 515 g/mol. The van der Waals surface area contributed by atoms with Gasteiger partial charge in [0.1, 0.15) is 9.84 Å². The molecule has 0 saturated heterocycles. The molecule has 0 aromatic carbocycles. The minimum atomic E-state index is -2.94. The molecule has 152 valence electrons. The zero-order valence-corrected chi connectivity index (χ0v) is 20.7. The van der Waals surface area contributed by atoms with Crippen molar-refractivity contribution in [2.75, 3.05) is 25.1 Å².